The number of nitrogens with zero attached hydrogens (tertiary/aromatic N) is 1. The van der Waals surface area contributed by atoms with Gasteiger partial charge in [-0.3, -0.25) is 19.3 Å². The molecule has 120 valence electrons. The van der Waals surface area contributed by atoms with Crippen molar-refractivity contribution < 1.29 is 23.9 Å². The highest BCUT2D eigenvalue weighted by Gasteiger charge is 2.37. The monoisotopic (exact) mass is 317 g/mol. The lowest BCUT2D eigenvalue weighted by atomic mass is 10.1. The van der Waals surface area contributed by atoms with Crippen LogP contribution < -0.4 is 0 Å². The van der Waals surface area contributed by atoms with Crippen LogP contribution in [0.3, 0.4) is 0 Å². The fourth-order valence-corrected chi connectivity index (χ4v) is 2.43. The SMILES string of the molecule is CSC1CC(=O)N(CCOCCOCC(=O)C(C)C)C1=O. The third-order valence-corrected chi connectivity index (χ3v) is 4.14. The van der Waals surface area contributed by atoms with Gasteiger partial charge in [-0.15, -0.1) is 0 Å². The molecular weight excluding hydrogens is 294 g/mol. The summed E-state index contributed by atoms with van der Waals surface area (Å²) in [7, 11) is 0. The number of ether oxygens (including phenoxy) is 2. The Labute approximate surface area is 129 Å². The van der Waals surface area contributed by atoms with Crippen molar-refractivity contribution in [2.24, 2.45) is 5.92 Å². The van der Waals surface area contributed by atoms with Gasteiger partial charge in [0.05, 0.1) is 31.6 Å². The van der Waals surface area contributed by atoms with Crippen LogP contribution in [0.15, 0.2) is 0 Å². The first kappa shape index (κ1) is 18.1. The maximum absolute atomic E-state index is 11.8. The molecule has 21 heavy (non-hydrogen) atoms. The lowest BCUT2D eigenvalue weighted by molar-refractivity contribution is -0.139. The molecule has 1 heterocycles. The average Bonchev–Trinajstić information content (AvgIpc) is 2.72. The zero-order valence-electron chi connectivity index (χ0n) is 12.8. The highest BCUT2D eigenvalue weighted by atomic mass is 32.2. The first-order chi connectivity index (χ1) is 9.97. The number of carbonyl (C=O) groups excluding carboxylic acids is 3. The van der Waals surface area contributed by atoms with Crippen LogP contribution in [0.2, 0.25) is 0 Å². The van der Waals surface area contributed by atoms with Crippen molar-refractivity contribution >= 4 is 29.4 Å². The Hall–Kier alpha value is -0.920. The Bertz CT molecular complexity index is 386. The molecule has 0 saturated carbocycles. The Balaban J connectivity index is 2.08. The van der Waals surface area contributed by atoms with Crippen LogP contribution in [0.4, 0.5) is 0 Å². The molecule has 1 atom stereocenters. The first-order valence-corrected chi connectivity index (χ1v) is 8.31. The van der Waals surface area contributed by atoms with Crippen LogP contribution in [-0.4, -0.2) is 67.0 Å². The highest BCUT2D eigenvalue weighted by Crippen LogP contribution is 2.22. The fourth-order valence-electron chi connectivity index (χ4n) is 1.79. The van der Waals surface area contributed by atoms with Gasteiger partial charge in [0.15, 0.2) is 5.78 Å². The van der Waals surface area contributed by atoms with Crippen molar-refractivity contribution in [1.29, 1.82) is 0 Å². The molecule has 2 amide bonds. The smallest absolute Gasteiger partial charge is 0.242 e. The molecule has 1 fully saturated rings. The van der Waals surface area contributed by atoms with Gasteiger partial charge in [0.25, 0.3) is 0 Å². The van der Waals surface area contributed by atoms with E-state index in [1.165, 1.54) is 16.7 Å². The zero-order chi connectivity index (χ0) is 15.8. The number of imide groups is 1. The molecule has 0 aromatic heterocycles. The molecule has 1 aliphatic heterocycles. The third kappa shape index (κ3) is 5.76. The lowest BCUT2D eigenvalue weighted by Crippen LogP contribution is -2.34. The van der Waals surface area contributed by atoms with E-state index in [9.17, 15) is 14.4 Å². The molecule has 7 heteroatoms. The van der Waals surface area contributed by atoms with E-state index in [0.29, 0.717) is 19.8 Å². The lowest BCUT2D eigenvalue weighted by Gasteiger charge is -2.14. The topological polar surface area (TPSA) is 72.9 Å². The summed E-state index contributed by atoms with van der Waals surface area (Å²) in [4.78, 5) is 36.0. The van der Waals surface area contributed by atoms with E-state index in [1.807, 2.05) is 20.1 Å². The minimum Gasteiger partial charge on any atom is -0.377 e. The van der Waals surface area contributed by atoms with Gasteiger partial charge in [0.1, 0.15) is 6.61 Å². The summed E-state index contributed by atoms with van der Waals surface area (Å²) in [5.41, 5.74) is 0. The Morgan fingerprint density at radius 1 is 1.29 bits per heavy atom. The molecule has 1 rings (SSSR count). The molecule has 0 spiro atoms. The van der Waals surface area contributed by atoms with E-state index in [4.69, 9.17) is 9.47 Å². The Kier molecular flexibility index (Phi) is 7.92. The summed E-state index contributed by atoms with van der Waals surface area (Å²) in [5, 5.41) is -0.247. The van der Waals surface area contributed by atoms with Gasteiger partial charge in [0.2, 0.25) is 11.8 Å². The van der Waals surface area contributed by atoms with Crippen molar-refractivity contribution in [3.63, 3.8) is 0 Å². The molecule has 1 unspecified atom stereocenters. The molecule has 0 radical (unpaired) electrons. The third-order valence-electron chi connectivity index (χ3n) is 3.21. The number of thioether (sulfide) groups is 1. The fraction of sp³-hybridized carbons (Fsp3) is 0.786. The molecule has 1 saturated heterocycles. The minimum absolute atomic E-state index is 0.0255. The number of likely N-dealkylation sites (tertiary alicyclic amines) is 1. The van der Waals surface area contributed by atoms with Gasteiger partial charge in [0, 0.05) is 12.3 Å². The molecule has 0 aromatic rings. The normalized spacial score (nSPS) is 18.9. The van der Waals surface area contributed by atoms with E-state index in [2.05, 4.69) is 0 Å². The summed E-state index contributed by atoms with van der Waals surface area (Å²) in [5.74, 6) is -0.231. The summed E-state index contributed by atoms with van der Waals surface area (Å²) in [6.07, 6.45) is 2.10. The number of amides is 2. The van der Waals surface area contributed by atoms with Gasteiger partial charge in [-0.1, -0.05) is 13.8 Å². The van der Waals surface area contributed by atoms with E-state index in [-0.39, 0.29) is 48.3 Å². The predicted molar refractivity (Wildman–Crippen MR) is 80.1 cm³/mol. The largest absolute Gasteiger partial charge is 0.377 e. The molecule has 0 bridgehead atoms. The van der Waals surface area contributed by atoms with Crippen LogP contribution in [0, 0.1) is 5.92 Å². The highest BCUT2D eigenvalue weighted by molar-refractivity contribution is 8.00. The summed E-state index contributed by atoms with van der Waals surface area (Å²) >= 11 is 1.40. The van der Waals surface area contributed by atoms with Crippen LogP contribution in [0.25, 0.3) is 0 Å². The second kappa shape index (κ2) is 9.17. The number of ketones is 1. The second-order valence-corrected chi connectivity index (χ2v) is 6.14. The van der Waals surface area contributed by atoms with Gasteiger partial charge in [-0.2, -0.15) is 11.8 Å². The van der Waals surface area contributed by atoms with Crippen LogP contribution in [-0.2, 0) is 23.9 Å². The molecular formula is C14H23NO5S. The van der Waals surface area contributed by atoms with Crippen LogP contribution in [0.5, 0.6) is 0 Å². The van der Waals surface area contributed by atoms with Crippen LogP contribution in [0.1, 0.15) is 20.3 Å². The van der Waals surface area contributed by atoms with E-state index < -0.39 is 0 Å². The van der Waals surface area contributed by atoms with Crippen LogP contribution >= 0.6 is 11.8 Å². The number of hydrogen-bond donors (Lipinski definition) is 0. The standard InChI is InChI=1S/C14H23NO5S/c1-10(2)11(16)9-20-7-6-19-5-4-15-13(17)8-12(21-3)14(15)18/h10,12H,4-9H2,1-3H3. The maximum Gasteiger partial charge on any atom is 0.242 e. The van der Waals surface area contributed by atoms with Crippen molar-refractivity contribution in [2.45, 2.75) is 25.5 Å². The Morgan fingerprint density at radius 3 is 2.52 bits per heavy atom. The maximum atomic E-state index is 11.8. The molecule has 6 nitrogen and oxygen atoms in total. The number of Topliss-reactive ketones (excluding diaryl/α,β-unsaturated/α-hetero) is 1. The van der Waals surface area contributed by atoms with Gasteiger partial charge in [-0.25, -0.2) is 0 Å². The summed E-state index contributed by atoms with van der Waals surface area (Å²) < 4.78 is 10.5. The predicted octanol–water partition coefficient (Wildman–Crippen LogP) is 0.735. The van der Waals surface area contributed by atoms with Gasteiger partial charge in [-0.05, 0) is 6.26 Å². The number of hydrogen-bond acceptors (Lipinski definition) is 6. The van der Waals surface area contributed by atoms with Crippen molar-refractivity contribution in [1.82, 2.24) is 4.90 Å². The quantitative estimate of drug-likeness (QED) is 0.437. The van der Waals surface area contributed by atoms with Crippen molar-refractivity contribution in [2.75, 3.05) is 39.2 Å². The summed E-state index contributed by atoms with van der Waals surface area (Å²) in [6, 6.07) is 0. The zero-order valence-corrected chi connectivity index (χ0v) is 13.6. The first-order valence-electron chi connectivity index (χ1n) is 7.02. The number of carbonyl (C=O) groups is 3. The molecule has 0 aliphatic carbocycles. The summed E-state index contributed by atoms with van der Waals surface area (Å²) in [6.45, 7) is 4.99. The Morgan fingerprint density at radius 2 is 1.95 bits per heavy atom. The minimum atomic E-state index is -0.247. The van der Waals surface area contributed by atoms with Crippen molar-refractivity contribution in [3.8, 4) is 0 Å². The van der Waals surface area contributed by atoms with E-state index in [0.717, 1.165) is 0 Å². The molecule has 0 N–H and O–H groups in total. The second-order valence-electron chi connectivity index (χ2n) is 5.10. The van der Waals surface area contributed by atoms with Gasteiger partial charge < -0.3 is 9.47 Å². The average molecular weight is 317 g/mol. The van der Waals surface area contributed by atoms with Crippen molar-refractivity contribution in [3.05, 3.63) is 0 Å². The number of rotatable bonds is 10. The van der Waals surface area contributed by atoms with E-state index >= 15 is 0 Å². The molecule has 0 aromatic carbocycles. The van der Waals surface area contributed by atoms with E-state index in [1.54, 1.807) is 0 Å². The van der Waals surface area contributed by atoms with Gasteiger partial charge >= 0.3 is 0 Å². The molecule has 1 aliphatic rings.